The van der Waals surface area contributed by atoms with Gasteiger partial charge in [-0.3, -0.25) is 9.69 Å². The molecule has 1 saturated heterocycles. The molecule has 1 heterocycles. The van der Waals surface area contributed by atoms with Crippen LogP contribution in [0.5, 0.6) is 0 Å². The quantitative estimate of drug-likeness (QED) is 0.196. The number of hydrogen-bond acceptors (Lipinski definition) is 5. The van der Waals surface area contributed by atoms with Crippen LogP contribution >= 0.6 is 23.2 Å². The van der Waals surface area contributed by atoms with E-state index < -0.39 is 0 Å². The summed E-state index contributed by atoms with van der Waals surface area (Å²) in [5.41, 5.74) is 7.89. The predicted molar refractivity (Wildman–Crippen MR) is 187 cm³/mol. The molecule has 44 heavy (non-hydrogen) atoms. The Balaban J connectivity index is 1.55. The van der Waals surface area contributed by atoms with Crippen LogP contribution in [0, 0.1) is 5.92 Å². The van der Waals surface area contributed by atoms with Crippen LogP contribution in [-0.4, -0.2) is 92.1 Å². The van der Waals surface area contributed by atoms with E-state index in [0.717, 1.165) is 69.5 Å². The number of carbonyl (C=O) groups excluding carboxylic acids is 1. The molecule has 0 bridgehead atoms. The number of nitrogens with zero attached hydrogens (tertiary/aromatic N) is 3. The summed E-state index contributed by atoms with van der Waals surface area (Å²) >= 11 is 12.8. The molecule has 0 aliphatic carbocycles. The second kappa shape index (κ2) is 16.9. The van der Waals surface area contributed by atoms with Crippen LogP contribution in [0.4, 0.5) is 0 Å². The molecular formula is C36H51Cl2N5O. The van der Waals surface area contributed by atoms with Crippen molar-refractivity contribution in [3.63, 3.8) is 0 Å². The summed E-state index contributed by atoms with van der Waals surface area (Å²) in [6, 6.07) is 21.3. The minimum atomic E-state index is 0.177. The Morgan fingerprint density at radius 3 is 2.48 bits per heavy atom. The maximum absolute atomic E-state index is 14.0. The van der Waals surface area contributed by atoms with Gasteiger partial charge < -0.3 is 20.9 Å². The molecule has 0 unspecified atom stereocenters. The molecular weight excluding hydrogens is 589 g/mol. The molecule has 1 fully saturated rings. The van der Waals surface area contributed by atoms with Gasteiger partial charge in [0.05, 0.1) is 6.42 Å². The van der Waals surface area contributed by atoms with Crippen molar-refractivity contribution in [2.24, 2.45) is 11.7 Å². The monoisotopic (exact) mass is 639 g/mol. The van der Waals surface area contributed by atoms with E-state index in [4.69, 9.17) is 28.9 Å². The first kappa shape index (κ1) is 34.7. The standard InChI is InChI=1S/C36H51Cl2N5O/c1-26(2)18-34-24-42(23-33(41(3)4)21-30-13-14-31(37)22-35(30)38)32(10-7-16-40-17-15-39)25-43(34)36(44)20-27-11-12-28-8-5-6-9-29(28)19-27/h5-6,8-9,11-14,19,22,26,32-34,40H,7,10,15-18,20-21,23-25,39H2,1-4H3/t32-,33+,34+/m0/s1. The number of rotatable bonds is 15. The number of amides is 1. The van der Waals surface area contributed by atoms with Gasteiger partial charge in [0.1, 0.15) is 0 Å². The van der Waals surface area contributed by atoms with Crippen molar-refractivity contribution in [3.8, 4) is 0 Å². The number of nitrogens with one attached hydrogen (secondary N) is 1. The summed E-state index contributed by atoms with van der Waals surface area (Å²) in [5, 5.41) is 7.21. The molecule has 3 aromatic rings. The lowest BCUT2D eigenvalue weighted by atomic mass is 9.93. The molecule has 8 heteroatoms. The lowest BCUT2D eigenvalue weighted by molar-refractivity contribution is -0.138. The second-order valence-electron chi connectivity index (χ2n) is 13.0. The van der Waals surface area contributed by atoms with E-state index in [0.29, 0.717) is 28.9 Å². The molecule has 3 N–H and O–H groups in total. The summed E-state index contributed by atoms with van der Waals surface area (Å²) in [4.78, 5) is 21.2. The fourth-order valence-electron chi connectivity index (χ4n) is 6.50. The van der Waals surface area contributed by atoms with E-state index in [9.17, 15) is 4.79 Å². The average Bonchev–Trinajstić information content (AvgIpc) is 2.98. The number of hydrogen-bond donors (Lipinski definition) is 2. The minimum absolute atomic E-state index is 0.177. The van der Waals surface area contributed by atoms with E-state index in [2.05, 4.69) is 90.4 Å². The number of fused-ring (bicyclic) bond motifs is 1. The molecule has 1 aliphatic heterocycles. The van der Waals surface area contributed by atoms with Crippen molar-refractivity contribution >= 4 is 39.9 Å². The molecule has 6 nitrogen and oxygen atoms in total. The van der Waals surface area contributed by atoms with Crippen LogP contribution in [-0.2, 0) is 17.6 Å². The van der Waals surface area contributed by atoms with Crippen molar-refractivity contribution in [2.45, 2.75) is 64.1 Å². The third kappa shape index (κ3) is 9.90. The van der Waals surface area contributed by atoms with Crippen molar-refractivity contribution in [3.05, 3.63) is 81.8 Å². The SMILES string of the molecule is CC(C)C[C@@H]1CN(C[C@@H](Cc2ccc(Cl)cc2Cl)N(C)C)[C@@H](CCCNCCN)CN1C(=O)Cc1ccc2ccccc2c1. The normalized spacial score (nSPS) is 18.4. The minimum Gasteiger partial charge on any atom is -0.337 e. The first-order chi connectivity index (χ1) is 21.1. The van der Waals surface area contributed by atoms with Crippen molar-refractivity contribution in [2.75, 3.05) is 53.4 Å². The van der Waals surface area contributed by atoms with E-state index in [1.165, 1.54) is 10.8 Å². The van der Waals surface area contributed by atoms with E-state index >= 15 is 0 Å². The van der Waals surface area contributed by atoms with E-state index in [1.54, 1.807) is 0 Å². The Morgan fingerprint density at radius 2 is 1.77 bits per heavy atom. The van der Waals surface area contributed by atoms with Crippen molar-refractivity contribution in [1.82, 2.24) is 20.0 Å². The lowest BCUT2D eigenvalue weighted by Crippen LogP contribution is -2.62. The predicted octanol–water partition coefficient (Wildman–Crippen LogP) is 6.12. The highest BCUT2D eigenvalue weighted by Gasteiger charge is 2.37. The Kier molecular flexibility index (Phi) is 13.3. The van der Waals surface area contributed by atoms with Gasteiger partial charge in [-0.15, -0.1) is 0 Å². The number of halogens is 2. The van der Waals surface area contributed by atoms with Crippen LogP contribution in [0.15, 0.2) is 60.7 Å². The highest BCUT2D eigenvalue weighted by Crippen LogP contribution is 2.28. The van der Waals surface area contributed by atoms with Crippen LogP contribution in [0.1, 0.15) is 44.2 Å². The van der Waals surface area contributed by atoms with Gasteiger partial charge in [-0.05, 0) is 86.3 Å². The smallest absolute Gasteiger partial charge is 0.227 e. The van der Waals surface area contributed by atoms with Gasteiger partial charge in [0, 0.05) is 60.9 Å². The topological polar surface area (TPSA) is 64.8 Å². The van der Waals surface area contributed by atoms with Gasteiger partial charge >= 0.3 is 0 Å². The third-order valence-electron chi connectivity index (χ3n) is 8.90. The highest BCUT2D eigenvalue weighted by atomic mass is 35.5. The zero-order valence-electron chi connectivity index (χ0n) is 26.9. The zero-order chi connectivity index (χ0) is 31.6. The number of likely N-dealkylation sites (N-methyl/N-ethyl adjacent to an activating group) is 1. The number of piperazine rings is 1. The fraction of sp³-hybridized carbons (Fsp3) is 0.528. The van der Waals surface area contributed by atoms with Crippen molar-refractivity contribution in [1.29, 1.82) is 0 Å². The maximum atomic E-state index is 14.0. The summed E-state index contributed by atoms with van der Waals surface area (Å²) in [6.45, 7) is 9.46. The largest absolute Gasteiger partial charge is 0.337 e. The Labute approximate surface area is 274 Å². The number of benzene rings is 3. The first-order valence-electron chi connectivity index (χ1n) is 16.2. The summed E-state index contributed by atoms with van der Waals surface area (Å²) < 4.78 is 0. The lowest BCUT2D eigenvalue weighted by Gasteiger charge is -2.48. The summed E-state index contributed by atoms with van der Waals surface area (Å²) in [5.74, 6) is 0.723. The molecule has 240 valence electrons. The molecule has 1 amide bonds. The van der Waals surface area contributed by atoms with Gasteiger partial charge in [0.15, 0.2) is 0 Å². The zero-order valence-corrected chi connectivity index (χ0v) is 28.5. The molecule has 0 spiro atoms. The van der Waals surface area contributed by atoms with Gasteiger partial charge in [0.2, 0.25) is 5.91 Å². The molecule has 1 aliphatic rings. The Hall–Kier alpha value is -2.19. The van der Waals surface area contributed by atoms with Crippen LogP contribution in [0.2, 0.25) is 10.0 Å². The third-order valence-corrected chi connectivity index (χ3v) is 9.49. The fourth-order valence-corrected chi connectivity index (χ4v) is 6.98. The molecule has 3 aromatic carbocycles. The Morgan fingerprint density at radius 1 is 1.00 bits per heavy atom. The van der Waals surface area contributed by atoms with E-state index in [1.807, 2.05) is 18.2 Å². The van der Waals surface area contributed by atoms with Crippen molar-refractivity contribution < 1.29 is 4.79 Å². The van der Waals surface area contributed by atoms with Gasteiger partial charge in [-0.2, -0.15) is 0 Å². The molecule has 3 atom stereocenters. The van der Waals surface area contributed by atoms with Gasteiger partial charge in [-0.1, -0.05) is 85.6 Å². The molecule has 0 aromatic heterocycles. The Bertz CT molecular complexity index is 1350. The summed E-state index contributed by atoms with van der Waals surface area (Å²) in [6.07, 6.45) is 4.32. The molecule has 0 saturated carbocycles. The first-order valence-corrected chi connectivity index (χ1v) is 16.9. The van der Waals surface area contributed by atoms with Gasteiger partial charge in [-0.25, -0.2) is 0 Å². The van der Waals surface area contributed by atoms with E-state index in [-0.39, 0.29) is 24.0 Å². The molecule has 0 radical (unpaired) electrons. The average molecular weight is 641 g/mol. The van der Waals surface area contributed by atoms with Crippen LogP contribution in [0.3, 0.4) is 0 Å². The molecule has 4 rings (SSSR count). The number of carbonyl (C=O) groups is 1. The second-order valence-corrected chi connectivity index (χ2v) is 13.9. The highest BCUT2D eigenvalue weighted by molar-refractivity contribution is 6.35. The number of nitrogens with two attached hydrogens (primary N) is 1. The maximum Gasteiger partial charge on any atom is 0.227 e. The van der Waals surface area contributed by atoms with Gasteiger partial charge in [0.25, 0.3) is 0 Å². The summed E-state index contributed by atoms with van der Waals surface area (Å²) in [7, 11) is 4.30. The van der Waals surface area contributed by atoms with Crippen LogP contribution in [0.25, 0.3) is 10.8 Å². The van der Waals surface area contributed by atoms with Crippen LogP contribution < -0.4 is 11.1 Å².